The third-order valence-electron chi connectivity index (χ3n) is 4.61. The predicted octanol–water partition coefficient (Wildman–Crippen LogP) is 5.38. The van der Waals surface area contributed by atoms with Crippen molar-refractivity contribution in [3.63, 3.8) is 0 Å². The molecule has 0 saturated carbocycles. The van der Waals surface area contributed by atoms with E-state index >= 15 is 0 Å². The second-order valence-corrected chi connectivity index (χ2v) is 8.68. The molecule has 0 atom stereocenters. The summed E-state index contributed by atoms with van der Waals surface area (Å²) in [5.41, 5.74) is 2.70. The Morgan fingerprint density at radius 2 is 1.97 bits per heavy atom. The topological polar surface area (TPSA) is 81.9 Å². The molecule has 2 aromatic heterocycles. The van der Waals surface area contributed by atoms with Gasteiger partial charge in [-0.25, -0.2) is 4.98 Å². The SMILES string of the molecule is C=CCn1c(SCC(=O)Nc2nc(-c3ccccc3)cs2)nnc1-c1ccccc1OCC. The third kappa shape index (κ3) is 5.50. The highest BCUT2D eigenvalue weighted by Gasteiger charge is 2.18. The van der Waals surface area contributed by atoms with Crippen molar-refractivity contribution in [2.45, 2.75) is 18.6 Å². The van der Waals surface area contributed by atoms with Crippen LogP contribution in [0, 0.1) is 0 Å². The fraction of sp³-hybridized carbons (Fsp3) is 0.167. The Morgan fingerprint density at radius 3 is 2.76 bits per heavy atom. The maximum atomic E-state index is 12.6. The number of hydrogen-bond donors (Lipinski definition) is 1. The summed E-state index contributed by atoms with van der Waals surface area (Å²) in [5, 5.41) is 14.7. The molecule has 2 aromatic carbocycles. The van der Waals surface area contributed by atoms with Crippen LogP contribution < -0.4 is 10.1 Å². The molecule has 9 heteroatoms. The van der Waals surface area contributed by atoms with Crippen LogP contribution in [0.25, 0.3) is 22.6 Å². The van der Waals surface area contributed by atoms with Gasteiger partial charge < -0.3 is 10.1 Å². The highest BCUT2D eigenvalue weighted by atomic mass is 32.2. The van der Waals surface area contributed by atoms with Gasteiger partial charge in [0.15, 0.2) is 16.1 Å². The number of aromatic nitrogens is 4. The van der Waals surface area contributed by atoms with Crippen molar-refractivity contribution in [1.29, 1.82) is 0 Å². The van der Waals surface area contributed by atoms with Gasteiger partial charge in [-0.15, -0.1) is 28.1 Å². The second kappa shape index (κ2) is 10.9. The van der Waals surface area contributed by atoms with Gasteiger partial charge in [-0.1, -0.05) is 60.3 Å². The minimum atomic E-state index is -0.154. The first-order valence-corrected chi connectivity index (χ1v) is 12.3. The van der Waals surface area contributed by atoms with E-state index in [1.807, 2.05) is 71.5 Å². The Hall–Kier alpha value is -3.43. The van der Waals surface area contributed by atoms with Gasteiger partial charge in [0, 0.05) is 17.5 Å². The number of anilines is 1. The van der Waals surface area contributed by atoms with Crippen LogP contribution in [0.15, 0.2) is 77.8 Å². The van der Waals surface area contributed by atoms with Crippen LogP contribution in [0.5, 0.6) is 5.75 Å². The van der Waals surface area contributed by atoms with Gasteiger partial charge in [0.05, 0.1) is 23.6 Å². The molecule has 0 spiro atoms. The molecule has 0 radical (unpaired) electrons. The summed E-state index contributed by atoms with van der Waals surface area (Å²) in [5.74, 6) is 1.44. The fourth-order valence-corrected chi connectivity index (χ4v) is 4.66. The van der Waals surface area contributed by atoms with Crippen LogP contribution in [0.3, 0.4) is 0 Å². The molecular formula is C24H23N5O2S2. The number of carbonyl (C=O) groups is 1. The van der Waals surface area contributed by atoms with Crippen molar-refractivity contribution < 1.29 is 9.53 Å². The van der Waals surface area contributed by atoms with Crippen LogP contribution >= 0.6 is 23.1 Å². The first kappa shape index (κ1) is 22.8. The van der Waals surface area contributed by atoms with Crippen LogP contribution in [-0.4, -0.2) is 38.0 Å². The summed E-state index contributed by atoms with van der Waals surface area (Å²) in [4.78, 5) is 17.1. The number of carbonyl (C=O) groups excluding carboxylic acids is 1. The van der Waals surface area contributed by atoms with Crippen molar-refractivity contribution >= 4 is 34.1 Å². The number of hydrogen-bond acceptors (Lipinski definition) is 7. The largest absolute Gasteiger partial charge is 0.493 e. The van der Waals surface area contributed by atoms with Crippen molar-refractivity contribution in [2.24, 2.45) is 0 Å². The smallest absolute Gasteiger partial charge is 0.236 e. The molecule has 0 saturated heterocycles. The van der Waals surface area contributed by atoms with Crippen LogP contribution in [0.2, 0.25) is 0 Å². The van der Waals surface area contributed by atoms with Crippen molar-refractivity contribution in [1.82, 2.24) is 19.7 Å². The van der Waals surface area contributed by atoms with Gasteiger partial charge in [-0.05, 0) is 19.1 Å². The van der Waals surface area contributed by atoms with Crippen LogP contribution in [0.4, 0.5) is 5.13 Å². The highest BCUT2D eigenvalue weighted by Crippen LogP contribution is 2.31. The van der Waals surface area contributed by atoms with Crippen molar-refractivity contribution in [2.75, 3.05) is 17.7 Å². The number of benzene rings is 2. The summed E-state index contributed by atoms with van der Waals surface area (Å²) in [6, 6.07) is 17.6. The lowest BCUT2D eigenvalue weighted by molar-refractivity contribution is -0.113. The van der Waals surface area contributed by atoms with Gasteiger partial charge in [0.1, 0.15) is 5.75 Å². The van der Waals surface area contributed by atoms with Gasteiger partial charge in [0.2, 0.25) is 5.91 Å². The number of nitrogens with zero attached hydrogens (tertiary/aromatic N) is 4. The first-order chi connectivity index (χ1) is 16.2. The first-order valence-electron chi connectivity index (χ1n) is 10.4. The zero-order valence-corrected chi connectivity index (χ0v) is 19.7. The van der Waals surface area contributed by atoms with Crippen LogP contribution in [0.1, 0.15) is 6.92 Å². The van der Waals surface area contributed by atoms with Crippen molar-refractivity contribution in [3.05, 3.63) is 72.6 Å². The summed E-state index contributed by atoms with van der Waals surface area (Å²) >= 11 is 2.72. The molecule has 0 aliphatic rings. The fourth-order valence-electron chi connectivity index (χ4n) is 3.18. The predicted molar refractivity (Wildman–Crippen MR) is 134 cm³/mol. The molecule has 4 aromatic rings. The summed E-state index contributed by atoms with van der Waals surface area (Å²) in [6.45, 7) is 6.85. The Labute approximate surface area is 200 Å². The van der Waals surface area contributed by atoms with E-state index in [2.05, 4.69) is 27.1 Å². The zero-order chi connectivity index (χ0) is 23.0. The molecule has 0 fully saturated rings. The number of thiazole rings is 1. The Bertz CT molecular complexity index is 1240. The number of thioether (sulfide) groups is 1. The lowest BCUT2D eigenvalue weighted by Gasteiger charge is -2.11. The molecule has 168 valence electrons. The number of ether oxygens (including phenoxy) is 1. The minimum Gasteiger partial charge on any atom is -0.493 e. The molecule has 7 nitrogen and oxygen atoms in total. The van der Waals surface area contributed by atoms with E-state index in [0.717, 1.165) is 22.6 Å². The normalized spacial score (nSPS) is 10.7. The number of para-hydroxylation sites is 1. The quantitative estimate of drug-likeness (QED) is 0.244. The number of rotatable bonds is 10. The molecule has 0 bridgehead atoms. The Morgan fingerprint density at radius 1 is 1.18 bits per heavy atom. The molecule has 0 aliphatic carbocycles. The van der Waals surface area contributed by atoms with Gasteiger partial charge in [-0.2, -0.15) is 0 Å². The molecule has 1 amide bonds. The van der Waals surface area contributed by atoms with Gasteiger partial charge >= 0.3 is 0 Å². The lowest BCUT2D eigenvalue weighted by atomic mass is 10.2. The molecule has 1 N–H and O–H groups in total. The second-order valence-electron chi connectivity index (χ2n) is 6.88. The monoisotopic (exact) mass is 477 g/mol. The molecule has 2 heterocycles. The summed E-state index contributed by atoms with van der Waals surface area (Å²) in [7, 11) is 0. The Kier molecular flexibility index (Phi) is 7.54. The average molecular weight is 478 g/mol. The summed E-state index contributed by atoms with van der Waals surface area (Å²) < 4.78 is 7.68. The van der Waals surface area contributed by atoms with E-state index in [9.17, 15) is 4.79 Å². The van der Waals surface area contributed by atoms with Gasteiger partial charge in [0.25, 0.3) is 0 Å². The van der Waals surface area contributed by atoms with Gasteiger partial charge in [-0.3, -0.25) is 9.36 Å². The Balaban J connectivity index is 1.45. The standard InChI is InChI=1S/C24H23N5O2S2/c1-3-14-29-22(18-12-8-9-13-20(18)31-4-2)27-28-24(29)33-16-21(30)26-23-25-19(15-32-23)17-10-6-5-7-11-17/h3,5-13,15H,1,4,14,16H2,2H3,(H,25,26,30). The maximum absolute atomic E-state index is 12.6. The van der Waals surface area contributed by atoms with Crippen LogP contribution in [-0.2, 0) is 11.3 Å². The van der Waals surface area contributed by atoms with Crippen molar-refractivity contribution in [3.8, 4) is 28.4 Å². The molecular weight excluding hydrogens is 454 g/mol. The zero-order valence-electron chi connectivity index (χ0n) is 18.1. The lowest BCUT2D eigenvalue weighted by Crippen LogP contribution is -2.14. The van der Waals surface area contributed by atoms with E-state index in [1.165, 1.54) is 23.1 Å². The summed E-state index contributed by atoms with van der Waals surface area (Å²) in [6.07, 6.45) is 1.78. The number of nitrogens with one attached hydrogen (secondary N) is 1. The maximum Gasteiger partial charge on any atom is 0.236 e. The minimum absolute atomic E-state index is 0.154. The van der Waals surface area contributed by atoms with E-state index < -0.39 is 0 Å². The van der Waals surface area contributed by atoms with E-state index in [0.29, 0.717) is 29.3 Å². The van der Waals surface area contributed by atoms with E-state index in [4.69, 9.17) is 4.74 Å². The molecule has 4 rings (SSSR count). The number of amides is 1. The third-order valence-corrected chi connectivity index (χ3v) is 6.33. The highest BCUT2D eigenvalue weighted by molar-refractivity contribution is 7.99. The van der Waals surface area contributed by atoms with E-state index in [-0.39, 0.29) is 11.7 Å². The average Bonchev–Trinajstić information content (AvgIpc) is 3.46. The molecule has 0 unspecified atom stereocenters. The number of allylic oxidation sites excluding steroid dienone is 1. The van der Waals surface area contributed by atoms with E-state index in [1.54, 1.807) is 6.08 Å². The molecule has 33 heavy (non-hydrogen) atoms. The molecule has 0 aliphatic heterocycles.